The van der Waals surface area contributed by atoms with Gasteiger partial charge in [-0.3, -0.25) is 0 Å². The zero-order valence-corrected chi connectivity index (χ0v) is 13.6. The van der Waals surface area contributed by atoms with E-state index in [1.165, 1.54) is 14.7 Å². The molecule has 0 spiro atoms. The lowest BCUT2D eigenvalue weighted by atomic mass is 9.92. The third kappa shape index (κ3) is 3.41. The predicted octanol–water partition coefficient (Wildman–Crippen LogP) is 4.30. The fourth-order valence-corrected chi connectivity index (χ4v) is 3.36. The second-order valence-electron chi connectivity index (χ2n) is 5.57. The second kappa shape index (κ2) is 6.11. The topological polar surface area (TPSA) is 40.5 Å². The molecule has 2 rings (SSSR count). The van der Waals surface area contributed by atoms with Crippen LogP contribution in [0.1, 0.15) is 43.9 Å². The van der Waals surface area contributed by atoms with Gasteiger partial charge in [0.1, 0.15) is 0 Å². The maximum absolute atomic E-state index is 11.5. The molecule has 0 saturated heterocycles. The zero-order chi connectivity index (χ0) is 14.0. The summed E-state index contributed by atoms with van der Waals surface area (Å²) in [5.41, 5.74) is 2.52. The van der Waals surface area contributed by atoms with Crippen LogP contribution in [0.2, 0.25) is 0 Å². The molecule has 0 bridgehead atoms. The van der Waals surface area contributed by atoms with E-state index in [-0.39, 0.29) is 6.04 Å². The van der Waals surface area contributed by atoms with Crippen molar-refractivity contribution in [2.75, 3.05) is 6.54 Å². The summed E-state index contributed by atoms with van der Waals surface area (Å²) >= 11 is 2.32. The SMILES string of the molecule is CC(C)CC1c2ccc(I)cc2CCCN1C(=O)O. The molecule has 3 nitrogen and oxygen atoms in total. The van der Waals surface area contributed by atoms with Gasteiger partial charge in [0.05, 0.1) is 6.04 Å². The predicted molar refractivity (Wildman–Crippen MR) is 84.4 cm³/mol. The molecule has 1 aliphatic rings. The number of fused-ring (bicyclic) bond motifs is 1. The Morgan fingerprint density at radius 1 is 1.53 bits per heavy atom. The smallest absolute Gasteiger partial charge is 0.407 e. The van der Waals surface area contributed by atoms with E-state index in [0.29, 0.717) is 12.5 Å². The lowest BCUT2D eigenvalue weighted by Gasteiger charge is -2.30. The summed E-state index contributed by atoms with van der Waals surface area (Å²) in [6.07, 6.45) is 1.98. The maximum Gasteiger partial charge on any atom is 0.407 e. The quantitative estimate of drug-likeness (QED) is 0.786. The van der Waals surface area contributed by atoms with Crippen LogP contribution in [0.3, 0.4) is 0 Å². The monoisotopic (exact) mass is 373 g/mol. The highest BCUT2D eigenvalue weighted by Crippen LogP contribution is 2.34. The molecule has 1 aromatic carbocycles. The van der Waals surface area contributed by atoms with Gasteiger partial charge in [-0.05, 0) is 71.0 Å². The van der Waals surface area contributed by atoms with Crippen LogP contribution < -0.4 is 0 Å². The van der Waals surface area contributed by atoms with E-state index in [9.17, 15) is 9.90 Å². The number of hydrogen-bond donors (Lipinski definition) is 1. The van der Waals surface area contributed by atoms with Gasteiger partial charge in [0.2, 0.25) is 0 Å². The number of hydrogen-bond acceptors (Lipinski definition) is 1. The Morgan fingerprint density at radius 3 is 2.89 bits per heavy atom. The van der Waals surface area contributed by atoms with Gasteiger partial charge in [-0.15, -0.1) is 0 Å². The van der Waals surface area contributed by atoms with Crippen molar-refractivity contribution in [2.45, 2.75) is 39.2 Å². The minimum atomic E-state index is -0.794. The number of rotatable bonds is 2. The van der Waals surface area contributed by atoms with Crippen LogP contribution in [0.25, 0.3) is 0 Å². The van der Waals surface area contributed by atoms with Crippen molar-refractivity contribution >= 4 is 28.7 Å². The molecule has 19 heavy (non-hydrogen) atoms. The molecule has 0 radical (unpaired) electrons. The molecule has 0 saturated carbocycles. The van der Waals surface area contributed by atoms with Crippen molar-refractivity contribution in [3.8, 4) is 0 Å². The summed E-state index contributed by atoms with van der Waals surface area (Å²) in [5.74, 6) is 0.483. The van der Waals surface area contributed by atoms with Gasteiger partial charge in [0, 0.05) is 10.1 Å². The third-order valence-electron chi connectivity index (χ3n) is 3.63. The number of carboxylic acid groups (broad SMARTS) is 1. The number of amides is 1. The van der Waals surface area contributed by atoms with Gasteiger partial charge in [-0.1, -0.05) is 19.9 Å². The summed E-state index contributed by atoms with van der Waals surface area (Å²) in [4.78, 5) is 13.1. The molecule has 4 heteroatoms. The number of carbonyl (C=O) groups is 1. The fraction of sp³-hybridized carbons (Fsp3) is 0.533. The van der Waals surface area contributed by atoms with Gasteiger partial charge in [0.15, 0.2) is 0 Å². The van der Waals surface area contributed by atoms with E-state index in [2.05, 4.69) is 54.6 Å². The minimum absolute atomic E-state index is 0.00648. The highest BCUT2D eigenvalue weighted by molar-refractivity contribution is 14.1. The average molecular weight is 373 g/mol. The van der Waals surface area contributed by atoms with E-state index >= 15 is 0 Å². The van der Waals surface area contributed by atoms with Gasteiger partial charge >= 0.3 is 6.09 Å². The molecule has 1 N–H and O–H groups in total. The Balaban J connectivity index is 2.43. The lowest BCUT2D eigenvalue weighted by molar-refractivity contribution is 0.118. The molecule has 1 atom stereocenters. The van der Waals surface area contributed by atoms with Crippen LogP contribution in [0, 0.1) is 9.49 Å². The summed E-state index contributed by atoms with van der Waals surface area (Å²) in [5, 5.41) is 9.45. The summed E-state index contributed by atoms with van der Waals surface area (Å²) in [7, 11) is 0. The van der Waals surface area contributed by atoms with Crippen molar-refractivity contribution in [1.29, 1.82) is 0 Å². The zero-order valence-electron chi connectivity index (χ0n) is 11.4. The Labute approximate surface area is 128 Å². The molecule has 1 unspecified atom stereocenters. The number of aryl methyl sites for hydroxylation is 1. The van der Waals surface area contributed by atoms with E-state index in [4.69, 9.17) is 0 Å². The first-order valence-corrected chi connectivity index (χ1v) is 7.84. The van der Waals surface area contributed by atoms with Crippen LogP contribution in [-0.4, -0.2) is 22.6 Å². The fourth-order valence-electron chi connectivity index (χ4n) is 2.81. The lowest BCUT2D eigenvalue weighted by Crippen LogP contribution is -2.34. The standard InChI is InChI=1S/C15H20INO2/c1-10(2)8-14-13-6-5-12(16)9-11(13)4-3-7-17(14)15(18)19/h5-6,9-10,14H,3-4,7-8H2,1-2H3,(H,18,19). The first kappa shape index (κ1) is 14.6. The van der Waals surface area contributed by atoms with Crippen LogP contribution in [0.15, 0.2) is 18.2 Å². The van der Waals surface area contributed by atoms with Crippen LogP contribution in [0.4, 0.5) is 4.79 Å². The number of halogens is 1. The molecule has 1 aromatic rings. The van der Waals surface area contributed by atoms with Crippen LogP contribution in [-0.2, 0) is 6.42 Å². The Kier molecular flexibility index (Phi) is 4.71. The van der Waals surface area contributed by atoms with Crippen molar-refractivity contribution in [1.82, 2.24) is 4.90 Å². The summed E-state index contributed by atoms with van der Waals surface area (Å²) in [6.45, 7) is 4.94. The van der Waals surface area contributed by atoms with E-state index < -0.39 is 6.09 Å². The number of benzene rings is 1. The van der Waals surface area contributed by atoms with Crippen LogP contribution in [0.5, 0.6) is 0 Å². The molecular weight excluding hydrogens is 353 g/mol. The molecular formula is C15H20INO2. The molecule has 0 aliphatic carbocycles. The summed E-state index contributed by atoms with van der Waals surface area (Å²) < 4.78 is 1.23. The Bertz CT molecular complexity index is 473. The first-order chi connectivity index (χ1) is 8.99. The van der Waals surface area contributed by atoms with E-state index in [1.54, 1.807) is 4.90 Å². The van der Waals surface area contributed by atoms with Crippen molar-refractivity contribution in [3.05, 3.63) is 32.9 Å². The van der Waals surface area contributed by atoms with Gasteiger partial charge < -0.3 is 10.0 Å². The maximum atomic E-state index is 11.5. The highest BCUT2D eigenvalue weighted by Gasteiger charge is 2.29. The molecule has 0 fully saturated rings. The molecule has 0 aromatic heterocycles. The summed E-state index contributed by atoms with van der Waals surface area (Å²) in [6, 6.07) is 6.41. The van der Waals surface area contributed by atoms with Crippen molar-refractivity contribution < 1.29 is 9.90 Å². The van der Waals surface area contributed by atoms with E-state index in [1.807, 2.05) is 0 Å². The Hall–Kier alpha value is -0.780. The number of nitrogens with zero attached hydrogens (tertiary/aromatic N) is 1. The molecule has 1 heterocycles. The third-order valence-corrected chi connectivity index (χ3v) is 4.30. The van der Waals surface area contributed by atoms with Crippen molar-refractivity contribution in [3.63, 3.8) is 0 Å². The largest absolute Gasteiger partial charge is 0.465 e. The first-order valence-electron chi connectivity index (χ1n) is 6.77. The highest BCUT2D eigenvalue weighted by atomic mass is 127. The normalized spacial score (nSPS) is 19.2. The minimum Gasteiger partial charge on any atom is -0.465 e. The van der Waals surface area contributed by atoms with Crippen molar-refractivity contribution in [2.24, 2.45) is 5.92 Å². The van der Waals surface area contributed by atoms with Gasteiger partial charge in [-0.25, -0.2) is 4.79 Å². The van der Waals surface area contributed by atoms with E-state index in [0.717, 1.165) is 19.3 Å². The second-order valence-corrected chi connectivity index (χ2v) is 6.81. The average Bonchev–Trinajstić information content (AvgIpc) is 2.48. The molecule has 104 valence electrons. The van der Waals surface area contributed by atoms with Gasteiger partial charge in [0.25, 0.3) is 0 Å². The van der Waals surface area contributed by atoms with Crippen LogP contribution >= 0.6 is 22.6 Å². The Morgan fingerprint density at radius 2 is 2.26 bits per heavy atom. The molecule has 1 aliphatic heterocycles. The van der Waals surface area contributed by atoms with Gasteiger partial charge in [-0.2, -0.15) is 0 Å². The molecule has 1 amide bonds.